The van der Waals surface area contributed by atoms with E-state index < -0.39 is 0 Å². The average Bonchev–Trinajstić information content (AvgIpc) is 2.75. The van der Waals surface area contributed by atoms with Crippen LogP contribution in [0.1, 0.15) is 45.4 Å². The summed E-state index contributed by atoms with van der Waals surface area (Å²) in [6.45, 7) is 5.32. The highest BCUT2D eigenvalue weighted by molar-refractivity contribution is 4.72. The SMILES string of the molecule is CCC(CNCCOC)CC1CCCC1. The Morgan fingerprint density at radius 2 is 2.07 bits per heavy atom. The third-order valence-corrected chi connectivity index (χ3v) is 3.63. The van der Waals surface area contributed by atoms with Crippen LogP contribution in [0.25, 0.3) is 0 Å². The standard InChI is InChI=1S/C13H27NO/c1-3-12(11-14-8-9-15-2)10-13-6-4-5-7-13/h12-14H,3-11H2,1-2H3. The molecule has 0 amide bonds. The molecule has 1 aliphatic carbocycles. The molecule has 0 aromatic heterocycles. The molecule has 0 radical (unpaired) electrons. The molecule has 2 heteroatoms. The summed E-state index contributed by atoms with van der Waals surface area (Å²) in [6.07, 6.45) is 8.66. The lowest BCUT2D eigenvalue weighted by atomic mass is 9.91. The highest BCUT2D eigenvalue weighted by atomic mass is 16.5. The third-order valence-electron chi connectivity index (χ3n) is 3.63. The summed E-state index contributed by atoms with van der Waals surface area (Å²) in [6, 6.07) is 0. The van der Waals surface area contributed by atoms with Crippen molar-refractivity contribution < 1.29 is 4.74 Å². The van der Waals surface area contributed by atoms with Gasteiger partial charge in [-0.2, -0.15) is 0 Å². The maximum Gasteiger partial charge on any atom is 0.0587 e. The van der Waals surface area contributed by atoms with E-state index in [1.807, 2.05) is 0 Å². The molecule has 0 aliphatic heterocycles. The summed E-state index contributed by atoms with van der Waals surface area (Å²) in [4.78, 5) is 0. The molecule has 0 heterocycles. The van der Waals surface area contributed by atoms with Gasteiger partial charge in [-0.25, -0.2) is 0 Å². The lowest BCUT2D eigenvalue weighted by molar-refractivity contribution is 0.196. The van der Waals surface area contributed by atoms with Gasteiger partial charge in [-0.15, -0.1) is 0 Å². The maximum atomic E-state index is 5.03. The molecule has 1 unspecified atom stereocenters. The van der Waals surface area contributed by atoms with Crippen LogP contribution in [0.3, 0.4) is 0 Å². The Kier molecular flexibility index (Phi) is 7.03. The van der Waals surface area contributed by atoms with Crippen LogP contribution in [-0.2, 0) is 4.74 Å². The molecular weight excluding hydrogens is 186 g/mol. The van der Waals surface area contributed by atoms with Gasteiger partial charge in [0.1, 0.15) is 0 Å². The van der Waals surface area contributed by atoms with Gasteiger partial charge in [0.2, 0.25) is 0 Å². The molecule has 0 aromatic carbocycles. The molecule has 0 aromatic rings. The number of hydrogen-bond acceptors (Lipinski definition) is 2. The van der Waals surface area contributed by atoms with E-state index in [1.54, 1.807) is 7.11 Å². The van der Waals surface area contributed by atoms with E-state index in [0.717, 1.165) is 25.0 Å². The van der Waals surface area contributed by atoms with E-state index >= 15 is 0 Å². The van der Waals surface area contributed by atoms with Crippen molar-refractivity contribution in [3.63, 3.8) is 0 Å². The summed E-state index contributed by atoms with van der Waals surface area (Å²) < 4.78 is 5.03. The lowest BCUT2D eigenvalue weighted by Crippen LogP contribution is -2.26. The van der Waals surface area contributed by atoms with E-state index in [9.17, 15) is 0 Å². The van der Waals surface area contributed by atoms with Crippen LogP contribution in [0.5, 0.6) is 0 Å². The number of ether oxygens (including phenoxy) is 1. The number of methoxy groups -OCH3 is 1. The Labute approximate surface area is 94.8 Å². The van der Waals surface area contributed by atoms with Crippen LogP contribution in [0.15, 0.2) is 0 Å². The van der Waals surface area contributed by atoms with Gasteiger partial charge in [0.15, 0.2) is 0 Å². The molecule has 1 aliphatic rings. The van der Waals surface area contributed by atoms with Gasteiger partial charge < -0.3 is 10.1 Å². The first-order valence-electron chi connectivity index (χ1n) is 6.56. The summed E-state index contributed by atoms with van der Waals surface area (Å²) in [5.41, 5.74) is 0. The molecule has 0 saturated heterocycles. The Hall–Kier alpha value is -0.0800. The average molecular weight is 213 g/mol. The third kappa shape index (κ3) is 5.53. The Balaban J connectivity index is 2.06. The van der Waals surface area contributed by atoms with E-state index in [-0.39, 0.29) is 0 Å². The Morgan fingerprint density at radius 3 is 2.67 bits per heavy atom. The predicted octanol–water partition coefficient (Wildman–Crippen LogP) is 2.83. The Bertz CT molecular complexity index is 143. The highest BCUT2D eigenvalue weighted by Crippen LogP contribution is 2.30. The summed E-state index contributed by atoms with van der Waals surface area (Å²) in [7, 11) is 1.76. The molecule has 90 valence electrons. The van der Waals surface area contributed by atoms with Crippen molar-refractivity contribution in [3.05, 3.63) is 0 Å². The van der Waals surface area contributed by atoms with Gasteiger partial charge in [-0.05, 0) is 24.8 Å². The zero-order chi connectivity index (χ0) is 10.9. The van der Waals surface area contributed by atoms with E-state index in [2.05, 4.69) is 12.2 Å². The van der Waals surface area contributed by atoms with Crippen molar-refractivity contribution >= 4 is 0 Å². The minimum atomic E-state index is 0.833. The first-order chi connectivity index (χ1) is 7.36. The van der Waals surface area contributed by atoms with Crippen LogP contribution < -0.4 is 5.32 Å². The predicted molar refractivity (Wildman–Crippen MR) is 65.1 cm³/mol. The minimum Gasteiger partial charge on any atom is -0.383 e. The van der Waals surface area contributed by atoms with E-state index in [1.165, 1.54) is 45.1 Å². The first-order valence-corrected chi connectivity index (χ1v) is 6.56. The monoisotopic (exact) mass is 213 g/mol. The smallest absolute Gasteiger partial charge is 0.0587 e. The lowest BCUT2D eigenvalue weighted by Gasteiger charge is -2.19. The molecule has 1 rings (SSSR count). The van der Waals surface area contributed by atoms with E-state index in [4.69, 9.17) is 4.74 Å². The number of hydrogen-bond donors (Lipinski definition) is 1. The van der Waals surface area contributed by atoms with Crippen molar-refractivity contribution in [2.24, 2.45) is 11.8 Å². The topological polar surface area (TPSA) is 21.3 Å². The van der Waals surface area contributed by atoms with Gasteiger partial charge in [0, 0.05) is 13.7 Å². The van der Waals surface area contributed by atoms with Crippen molar-refractivity contribution in [3.8, 4) is 0 Å². The van der Waals surface area contributed by atoms with Crippen LogP contribution in [0.2, 0.25) is 0 Å². The summed E-state index contributed by atoms with van der Waals surface area (Å²) >= 11 is 0. The zero-order valence-corrected chi connectivity index (χ0v) is 10.4. The molecule has 1 fully saturated rings. The normalized spacial score (nSPS) is 19.6. The molecule has 0 spiro atoms. The molecule has 0 bridgehead atoms. The largest absolute Gasteiger partial charge is 0.383 e. The van der Waals surface area contributed by atoms with Gasteiger partial charge in [-0.1, -0.05) is 39.0 Å². The zero-order valence-electron chi connectivity index (χ0n) is 10.4. The van der Waals surface area contributed by atoms with Gasteiger partial charge >= 0.3 is 0 Å². The second-order valence-corrected chi connectivity index (χ2v) is 4.86. The van der Waals surface area contributed by atoms with Crippen molar-refractivity contribution in [1.82, 2.24) is 5.32 Å². The van der Waals surface area contributed by atoms with Crippen LogP contribution in [-0.4, -0.2) is 26.8 Å². The minimum absolute atomic E-state index is 0.833. The van der Waals surface area contributed by atoms with Gasteiger partial charge in [0.25, 0.3) is 0 Å². The van der Waals surface area contributed by atoms with Gasteiger partial charge in [-0.3, -0.25) is 0 Å². The van der Waals surface area contributed by atoms with Gasteiger partial charge in [0.05, 0.1) is 6.61 Å². The number of rotatable bonds is 8. The van der Waals surface area contributed by atoms with Crippen molar-refractivity contribution in [2.75, 3.05) is 26.8 Å². The summed E-state index contributed by atoms with van der Waals surface area (Å²) in [5.74, 6) is 1.91. The molecule has 1 saturated carbocycles. The molecular formula is C13H27NO. The summed E-state index contributed by atoms with van der Waals surface area (Å²) in [5, 5.41) is 3.49. The second-order valence-electron chi connectivity index (χ2n) is 4.86. The maximum absolute atomic E-state index is 5.03. The highest BCUT2D eigenvalue weighted by Gasteiger charge is 2.18. The quantitative estimate of drug-likeness (QED) is 0.626. The van der Waals surface area contributed by atoms with Crippen LogP contribution >= 0.6 is 0 Å². The first kappa shape index (κ1) is 13.0. The Morgan fingerprint density at radius 1 is 1.33 bits per heavy atom. The second kappa shape index (κ2) is 8.12. The molecule has 15 heavy (non-hydrogen) atoms. The fraction of sp³-hybridized carbons (Fsp3) is 1.00. The van der Waals surface area contributed by atoms with Crippen LogP contribution in [0.4, 0.5) is 0 Å². The van der Waals surface area contributed by atoms with Crippen molar-refractivity contribution in [2.45, 2.75) is 45.4 Å². The molecule has 2 nitrogen and oxygen atoms in total. The fourth-order valence-corrected chi connectivity index (χ4v) is 2.59. The van der Waals surface area contributed by atoms with E-state index in [0.29, 0.717) is 0 Å². The fourth-order valence-electron chi connectivity index (χ4n) is 2.59. The molecule has 1 N–H and O–H groups in total. The van der Waals surface area contributed by atoms with Crippen LogP contribution in [0, 0.1) is 11.8 Å². The molecule has 1 atom stereocenters. The number of nitrogens with one attached hydrogen (secondary N) is 1. The van der Waals surface area contributed by atoms with Crippen molar-refractivity contribution in [1.29, 1.82) is 0 Å².